The van der Waals surface area contributed by atoms with Crippen molar-refractivity contribution in [2.45, 2.75) is 48.2 Å². The van der Waals surface area contributed by atoms with Gasteiger partial charge in [0.1, 0.15) is 4.93 Å². The van der Waals surface area contributed by atoms with Gasteiger partial charge in [0.2, 0.25) is 5.91 Å². The molecule has 0 atom stereocenters. The van der Waals surface area contributed by atoms with Gasteiger partial charge in [0, 0.05) is 41.8 Å². The standard InChI is InChI=1S/C18H25NO2S2/c1-14(2)23-16-5-3-15(4-6-16)13-17(20)19-9-7-18(8-10-19)21-11-12-22-18/h3-6,14H,7-13H2,1-2H3. The van der Waals surface area contributed by atoms with Gasteiger partial charge in [-0.25, -0.2) is 0 Å². The van der Waals surface area contributed by atoms with E-state index in [0.29, 0.717) is 11.7 Å². The summed E-state index contributed by atoms with van der Waals surface area (Å²) in [6.45, 7) is 6.90. The number of carbonyl (C=O) groups is 1. The lowest BCUT2D eigenvalue weighted by atomic mass is 10.1. The molecule has 23 heavy (non-hydrogen) atoms. The largest absolute Gasteiger partial charge is 0.363 e. The summed E-state index contributed by atoms with van der Waals surface area (Å²) in [6, 6.07) is 8.43. The van der Waals surface area contributed by atoms with Crippen molar-refractivity contribution in [3.8, 4) is 0 Å². The summed E-state index contributed by atoms with van der Waals surface area (Å²) in [5.41, 5.74) is 1.11. The van der Waals surface area contributed by atoms with E-state index in [1.165, 1.54) is 4.90 Å². The lowest BCUT2D eigenvalue weighted by Crippen LogP contribution is -2.45. The zero-order valence-electron chi connectivity index (χ0n) is 13.9. The Morgan fingerprint density at radius 2 is 2.00 bits per heavy atom. The van der Waals surface area contributed by atoms with Crippen LogP contribution in [0.4, 0.5) is 0 Å². The third-order valence-corrected chi connectivity index (χ3v) is 6.78. The fraction of sp³-hybridized carbons (Fsp3) is 0.611. The summed E-state index contributed by atoms with van der Waals surface area (Å²) < 4.78 is 5.90. The molecular weight excluding hydrogens is 326 g/mol. The van der Waals surface area contributed by atoms with Crippen LogP contribution < -0.4 is 0 Å². The van der Waals surface area contributed by atoms with Gasteiger partial charge < -0.3 is 9.64 Å². The Bertz CT molecular complexity index is 528. The number of thioether (sulfide) groups is 2. The first-order chi connectivity index (χ1) is 11.1. The van der Waals surface area contributed by atoms with Gasteiger partial charge in [-0.1, -0.05) is 26.0 Å². The van der Waals surface area contributed by atoms with Crippen molar-refractivity contribution < 1.29 is 9.53 Å². The van der Waals surface area contributed by atoms with Crippen molar-refractivity contribution in [2.75, 3.05) is 25.4 Å². The number of carbonyl (C=O) groups excluding carboxylic acids is 1. The van der Waals surface area contributed by atoms with Crippen molar-refractivity contribution in [2.24, 2.45) is 0 Å². The minimum absolute atomic E-state index is 0.00645. The fourth-order valence-corrected chi connectivity index (χ4v) is 5.14. The number of benzene rings is 1. The van der Waals surface area contributed by atoms with Crippen LogP contribution in [0, 0.1) is 0 Å². The van der Waals surface area contributed by atoms with Gasteiger partial charge in [0.25, 0.3) is 0 Å². The Hall–Kier alpha value is -0.650. The van der Waals surface area contributed by atoms with Gasteiger partial charge in [-0.15, -0.1) is 23.5 Å². The van der Waals surface area contributed by atoms with E-state index in [-0.39, 0.29) is 10.8 Å². The Morgan fingerprint density at radius 3 is 2.57 bits per heavy atom. The Balaban J connectivity index is 1.51. The number of hydrogen-bond donors (Lipinski definition) is 0. The predicted molar refractivity (Wildman–Crippen MR) is 98.1 cm³/mol. The zero-order chi connectivity index (χ0) is 16.3. The zero-order valence-corrected chi connectivity index (χ0v) is 15.5. The number of likely N-dealkylation sites (tertiary alicyclic amines) is 1. The second-order valence-electron chi connectivity index (χ2n) is 6.48. The molecule has 1 aromatic rings. The van der Waals surface area contributed by atoms with Crippen LogP contribution in [0.15, 0.2) is 29.2 Å². The molecule has 2 fully saturated rings. The molecule has 2 heterocycles. The van der Waals surface area contributed by atoms with E-state index >= 15 is 0 Å². The number of ether oxygens (including phenoxy) is 1. The molecular formula is C18H25NO2S2. The minimum atomic E-state index is 0.00645. The highest BCUT2D eigenvalue weighted by Gasteiger charge is 2.40. The van der Waals surface area contributed by atoms with E-state index in [9.17, 15) is 4.79 Å². The number of amides is 1. The number of hydrogen-bond acceptors (Lipinski definition) is 4. The van der Waals surface area contributed by atoms with Crippen molar-refractivity contribution in [1.29, 1.82) is 0 Å². The normalized spacial score (nSPS) is 20.4. The van der Waals surface area contributed by atoms with E-state index < -0.39 is 0 Å². The first-order valence-electron chi connectivity index (χ1n) is 8.38. The number of piperidine rings is 1. The third-order valence-electron chi connectivity index (χ3n) is 4.34. The first-order valence-corrected chi connectivity index (χ1v) is 10.2. The SMILES string of the molecule is CC(C)Sc1ccc(CC(=O)N2CCC3(CC2)OCCS3)cc1. The highest BCUT2D eigenvalue weighted by Crippen LogP contribution is 2.41. The van der Waals surface area contributed by atoms with Crippen LogP contribution in [0.2, 0.25) is 0 Å². The highest BCUT2D eigenvalue weighted by molar-refractivity contribution is 8.00. The van der Waals surface area contributed by atoms with Crippen molar-refractivity contribution in [3.63, 3.8) is 0 Å². The van der Waals surface area contributed by atoms with Crippen LogP contribution in [0.1, 0.15) is 32.3 Å². The monoisotopic (exact) mass is 351 g/mol. The van der Waals surface area contributed by atoms with Gasteiger partial charge in [-0.2, -0.15) is 0 Å². The summed E-state index contributed by atoms with van der Waals surface area (Å²) in [6.07, 6.45) is 2.44. The van der Waals surface area contributed by atoms with Crippen LogP contribution in [-0.2, 0) is 16.0 Å². The maximum atomic E-state index is 12.5. The molecule has 0 unspecified atom stereocenters. The lowest BCUT2D eigenvalue weighted by Gasteiger charge is -2.37. The van der Waals surface area contributed by atoms with Crippen LogP contribution >= 0.6 is 23.5 Å². The van der Waals surface area contributed by atoms with Gasteiger partial charge >= 0.3 is 0 Å². The summed E-state index contributed by atoms with van der Waals surface area (Å²) >= 11 is 3.78. The third kappa shape index (κ3) is 4.46. The lowest BCUT2D eigenvalue weighted by molar-refractivity contribution is -0.133. The van der Waals surface area contributed by atoms with Crippen LogP contribution in [-0.4, -0.2) is 46.4 Å². The molecule has 1 aromatic carbocycles. The van der Waals surface area contributed by atoms with E-state index in [0.717, 1.165) is 43.9 Å². The molecule has 0 radical (unpaired) electrons. The smallest absolute Gasteiger partial charge is 0.226 e. The maximum absolute atomic E-state index is 12.5. The van der Waals surface area contributed by atoms with Crippen molar-refractivity contribution in [3.05, 3.63) is 29.8 Å². The van der Waals surface area contributed by atoms with E-state index in [1.807, 2.05) is 28.4 Å². The Labute approximate surface area is 147 Å². The van der Waals surface area contributed by atoms with Crippen molar-refractivity contribution >= 4 is 29.4 Å². The number of rotatable bonds is 4. The van der Waals surface area contributed by atoms with E-state index in [4.69, 9.17) is 4.74 Å². The van der Waals surface area contributed by atoms with Crippen LogP contribution in [0.3, 0.4) is 0 Å². The molecule has 3 nitrogen and oxygen atoms in total. The molecule has 2 aliphatic rings. The molecule has 0 aromatic heterocycles. The summed E-state index contributed by atoms with van der Waals surface area (Å²) in [4.78, 5) is 15.8. The molecule has 5 heteroatoms. The van der Waals surface area contributed by atoms with Gasteiger partial charge in [0.15, 0.2) is 0 Å². The van der Waals surface area contributed by atoms with Crippen LogP contribution in [0.5, 0.6) is 0 Å². The summed E-state index contributed by atoms with van der Waals surface area (Å²) in [7, 11) is 0. The molecule has 0 bridgehead atoms. The number of nitrogens with zero attached hydrogens (tertiary/aromatic N) is 1. The molecule has 2 aliphatic heterocycles. The van der Waals surface area contributed by atoms with Gasteiger partial charge in [0.05, 0.1) is 13.0 Å². The first kappa shape index (κ1) is 17.2. The molecule has 0 aliphatic carbocycles. The highest BCUT2D eigenvalue weighted by atomic mass is 32.2. The molecule has 3 rings (SSSR count). The fourth-order valence-electron chi connectivity index (χ4n) is 3.13. The second kappa shape index (κ2) is 7.49. The minimum Gasteiger partial charge on any atom is -0.363 e. The van der Waals surface area contributed by atoms with Gasteiger partial charge in [-0.3, -0.25) is 4.79 Å². The topological polar surface area (TPSA) is 29.5 Å². The maximum Gasteiger partial charge on any atom is 0.226 e. The summed E-state index contributed by atoms with van der Waals surface area (Å²) in [5, 5.41) is 0.582. The second-order valence-corrected chi connectivity index (χ2v) is 9.57. The Morgan fingerprint density at radius 1 is 1.30 bits per heavy atom. The van der Waals surface area contributed by atoms with Crippen LogP contribution in [0.25, 0.3) is 0 Å². The molecule has 0 saturated carbocycles. The molecule has 0 N–H and O–H groups in total. The van der Waals surface area contributed by atoms with E-state index in [2.05, 4.69) is 38.1 Å². The van der Waals surface area contributed by atoms with E-state index in [1.54, 1.807) is 0 Å². The average molecular weight is 352 g/mol. The molecule has 1 amide bonds. The quantitative estimate of drug-likeness (QED) is 0.772. The van der Waals surface area contributed by atoms with Crippen molar-refractivity contribution in [1.82, 2.24) is 4.90 Å². The Kier molecular flexibility index (Phi) is 5.60. The average Bonchev–Trinajstić information content (AvgIpc) is 2.97. The molecule has 1 spiro atoms. The van der Waals surface area contributed by atoms with Gasteiger partial charge in [-0.05, 0) is 17.7 Å². The predicted octanol–water partition coefficient (Wildman–Crippen LogP) is 3.81. The summed E-state index contributed by atoms with van der Waals surface area (Å²) in [5.74, 6) is 1.33. The molecule has 126 valence electrons. The molecule has 2 saturated heterocycles.